The Morgan fingerprint density at radius 2 is 2.09 bits per heavy atom. The summed E-state index contributed by atoms with van der Waals surface area (Å²) in [5.74, 6) is 1.91. The molecular weight excluding hydrogens is 292 g/mol. The highest BCUT2D eigenvalue weighted by Gasteiger charge is 2.06. The van der Waals surface area contributed by atoms with Gasteiger partial charge < -0.3 is 10.1 Å². The van der Waals surface area contributed by atoms with E-state index in [1.165, 1.54) is 0 Å². The number of aromatic nitrogens is 5. The van der Waals surface area contributed by atoms with Gasteiger partial charge in [-0.15, -0.1) is 5.10 Å². The lowest BCUT2D eigenvalue weighted by Gasteiger charge is -2.09. The number of anilines is 2. The number of aryl methyl sites for hydroxylation is 2. The second-order valence-electron chi connectivity index (χ2n) is 5.05. The summed E-state index contributed by atoms with van der Waals surface area (Å²) in [6.07, 6.45) is 1.88. The summed E-state index contributed by atoms with van der Waals surface area (Å²) in [5.41, 5.74) is 2.72. The molecule has 23 heavy (non-hydrogen) atoms. The Labute approximate surface area is 134 Å². The maximum Gasteiger partial charge on any atom is 0.218 e. The van der Waals surface area contributed by atoms with Crippen LogP contribution in [-0.2, 0) is 7.05 Å². The largest absolute Gasteiger partial charge is 0.478 e. The van der Waals surface area contributed by atoms with Crippen molar-refractivity contribution in [2.24, 2.45) is 7.05 Å². The van der Waals surface area contributed by atoms with Gasteiger partial charge in [-0.1, -0.05) is 17.3 Å². The molecule has 0 unspecified atom stereocenters. The van der Waals surface area contributed by atoms with Crippen LogP contribution in [-0.4, -0.2) is 31.6 Å². The fourth-order valence-electron chi connectivity index (χ4n) is 2.21. The molecule has 0 spiro atoms. The average Bonchev–Trinajstić information content (AvgIpc) is 2.94. The minimum Gasteiger partial charge on any atom is -0.478 e. The molecular formula is C16H18N6O. The van der Waals surface area contributed by atoms with E-state index in [4.69, 9.17) is 4.74 Å². The van der Waals surface area contributed by atoms with E-state index in [2.05, 4.69) is 25.6 Å². The second-order valence-corrected chi connectivity index (χ2v) is 5.05. The fourth-order valence-corrected chi connectivity index (χ4v) is 2.21. The van der Waals surface area contributed by atoms with Crippen LogP contribution >= 0.6 is 0 Å². The predicted molar refractivity (Wildman–Crippen MR) is 87.7 cm³/mol. The number of ether oxygens (including phenoxy) is 1. The maximum absolute atomic E-state index is 5.45. The van der Waals surface area contributed by atoms with Gasteiger partial charge in [-0.2, -0.15) is 4.98 Å². The summed E-state index contributed by atoms with van der Waals surface area (Å²) in [7, 11) is 1.84. The highest BCUT2D eigenvalue weighted by Crippen LogP contribution is 2.23. The first-order chi connectivity index (χ1) is 11.1. The second kappa shape index (κ2) is 6.43. The minimum absolute atomic E-state index is 0.563. The third kappa shape index (κ3) is 3.63. The normalized spacial score (nSPS) is 10.6. The van der Waals surface area contributed by atoms with Gasteiger partial charge in [0.05, 0.1) is 12.8 Å². The maximum atomic E-state index is 5.45. The molecule has 0 aliphatic carbocycles. The van der Waals surface area contributed by atoms with E-state index in [9.17, 15) is 0 Å². The topological polar surface area (TPSA) is 77.8 Å². The number of nitrogens with one attached hydrogen (secondary N) is 1. The van der Waals surface area contributed by atoms with E-state index in [-0.39, 0.29) is 0 Å². The first-order valence-corrected chi connectivity index (χ1v) is 7.36. The van der Waals surface area contributed by atoms with Crippen molar-refractivity contribution in [3.63, 3.8) is 0 Å². The summed E-state index contributed by atoms with van der Waals surface area (Å²) in [6, 6.07) is 9.71. The van der Waals surface area contributed by atoms with Crippen LogP contribution in [0.3, 0.4) is 0 Å². The van der Waals surface area contributed by atoms with Gasteiger partial charge in [0.1, 0.15) is 17.3 Å². The average molecular weight is 310 g/mol. The van der Waals surface area contributed by atoms with E-state index < -0.39 is 0 Å². The number of hydrogen-bond donors (Lipinski definition) is 1. The van der Waals surface area contributed by atoms with Gasteiger partial charge >= 0.3 is 0 Å². The van der Waals surface area contributed by atoms with Gasteiger partial charge in [0.2, 0.25) is 5.88 Å². The highest BCUT2D eigenvalue weighted by molar-refractivity contribution is 5.67. The fraction of sp³-hybridized carbons (Fsp3) is 0.250. The van der Waals surface area contributed by atoms with Crippen molar-refractivity contribution in [2.45, 2.75) is 13.8 Å². The van der Waals surface area contributed by atoms with Gasteiger partial charge in [0.25, 0.3) is 0 Å². The third-order valence-corrected chi connectivity index (χ3v) is 3.14. The highest BCUT2D eigenvalue weighted by atomic mass is 16.5. The van der Waals surface area contributed by atoms with Crippen molar-refractivity contribution < 1.29 is 4.74 Å². The van der Waals surface area contributed by atoms with Crippen molar-refractivity contribution >= 4 is 11.5 Å². The summed E-state index contributed by atoms with van der Waals surface area (Å²) in [4.78, 5) is 8.62. The lowest BCUT2D eigenvalue weighted by atomic mass is 10.1. The predicted octanol–water partition coefficient (Wildman–Crippen LogP) is 2.72. The number of benzene rings is 1. The van der Waals surface area contributed by atoms with Gasteiger partial charge in [-0.3, -0.25) is 4.68 Å². The molecule has 0 bridgehead atoms. The third-order valence-electron chi connectivity index (χ3n) is 3.14. The molecule has 118 valence electrons. The van der Waals surface area contributed by atoms with Gasteiger partial charge in [-0.05, 0) is 26.0 Å². The van der Waals surface area contributed by atoms with Crippen LogP contribution < -0.4 is 10.1 Å². The molecule has 0 aliphatic rings. The molecule has 0 amide bonds. The molecule has 0 saturated heterocycles. The SMILES string of the molecule is CCOc1cc(Nc2cccc(-c3cn(C)nn3)c2)nc(C)n1. The van der Waals surface area contributed by atoms with Crippen LogP contribution in [0.5, 0.6) is 5.88 Å². The smallest absolute Gasteiger partial charge is 0.218 e. The molecule has 7 nitrogen and oxygen atoms in total. The first-order valence-electron chi connectivity index (χ1n) is 7.36. The molecule has 2 aromatic heterocycles. The Morgan fingerprint density at radius 3 is 2.83 bits per heavy atom. The van der Waals surface area contributed by atoms with Gasteiger partial charge in [-0.25, -0.2) is 4.98 Å². The summed E-state index contributed by atoms with van der Waals surface area (Å²) >= 11 is 0. The van der Waals surface area contributed by atoms with Crippen LogP contribution in [0, 0.1) is 6.92 Å². The molecule has 1 N–H and O–H groups in total. The Morgan fingerprint density at radius 1 is 1.22 bits per heavy atom. The van der Waals surface area contributed by atoms with Crippen LogP contribution in [0.15, 0.2) is 36.5 Å². The van der Waals surface area contributed by atoms with Crippen molar-refractivity contribution in [2.75, 3.05) is 11.9 Å². The van der Waals surface area contributed by atoms with Crippen molar-refractivity contribution in [3.8, 4) is 17.1 Å². The van der Waals surface area contributed by atoms with Crippen molar-refractivity contribution in [3.05, 3.63) is 42.4 Å². The summed E-state index contributed by atoms with van der Waals surface area (Å²) < 4.78 is 7.13. The molecule has 0 fully saturated rings. The number of rotatable bonds is 5. The first kappa shape index (κ1) is 15.0. The Hall–Kier alpha value is -2.96. The van der Waals surface area contributed by atoms with E-state index >= 15 is 0 Å². The molecule has 2 heterocycles. The molecule has 3 rings (SSSR count). The van der Waals surface area contributed by atoms with Crippen LogP contribution in [0.1, 0.15) is 12.7 Å². The number of hydrogen-bond acceptors (Lipinski definition) is 6. The lowest BCUT2D eigenvalue weighted by Crippen LogP contribution is -2.01. The Bertz CT molecular complexity index is 814. The molecule has 3 aromatic rings. The van der Waals surface area contributed by atoms with E-state index in [1.54, 1.807) is 10.7 Å². The van der Waals surface area contributed by atoms with Crippen LogP contribution in [0.2, 0.25) is 0 Å². The van der Waals surface area contributed by atoms with E-state index in [0.717, 1.165) is 16.9 Å². The quantitative estimate of drug-likeness (QED) is 0.780. The zero-order valence-electron chi connectivity index (χ0n) is 13.3. The summed E-state index contributed by atoms with van der Waals surface area (Å²) in [5, 5.41) is 11.4. The van der Waals surface area contributed by atoms with Crippen LogP contribution in [0.4, 0.5) is 11.5 Å². The van der Waals surface area contributed by atoms with Crippen molar-refractivity contribution in [1.82, 2.24) is 25.0 Å². The Balaban J connectivity index is 1.86. The minimum atomic E-state index is 0.563. The van der Waals surface area contributed by atoms with Crippen molar-refractivity contribution in [1.29, 1.82) is 0 Å². The van der Waals surface area contributed by atoms with E-state index in [0.29, 0.717) is 24.1 Å². The molecule has 0 atom stereocenters. The van der Waals surface area contributed by atoms with E-state index in [1.807, 2.05) is 51.4 Å². The molecule has 0 saturated carbocycles. The van der Waals surface area contributed by atoms with Crippen LogP contribution in [0.25, 0.3) is 11.3 Å². The monoisotopic (exact) mass is 310 g/mol. The molecule has 0 aliphatic heterocycles. The Kier molecular flexibility index (Phi) is 4.18. The zero-order valence-corrected chi connectivity index (χ0v) is 13.3. The molecule has 1 aromatic carbocycles. The van der Waals surface area contributed by atoms with Gasteiger partial charge in [0.15, 0.2) is 0 Å². The summed E-state index contributed by atoms with van der Waals surface area (Å²) in [6.45, 7) is 4.33. The van der Waals surface area contributed by atoms with Gasteiger partial charge in [0, 0.05) is 24.4 Å². The lowest BCUT2D eigenvalue weighted by molar-refractivity contribution is 0.325. The zero-order chi connectivity index (χ0) is 16.2. The molecule has 0 radical (unpaired) electrons. The standard InChI is InChI=1S/C16H18N6O/c1-4-23-16-9-15(17-11(2)18-16)19-13-7-5-6-12(8-13)14-10-22(3)21-20-14/h5-10H,4H2,1-3H3,(H,17,18,19). The number of nitrogens with zero attached hydrogens (tertiary/aromatic N) is 5. The molecule has 7 heteroatoms.